The zero-order valence-corrected chi connectivity index (χ0v) is 22.3. The Morgan fingerprint density at radius 1 is 0.946 bits per heavy atom. The predicted molar refractivity (Wildman–Crippen MR) is 149 cm³/mol. The Hall–Kier alpha value is -2.92. The van der Waals surface area contributed by atoms with Crippen molar-refractivity contribution in [3.63, 3.8) is 0 Å². The van der Waals surface area contributed by atoms with Crippen LogP contribution in [-0.4, -0.2) is 46.9 Å². The second-order valence-electron chi connectivity index (χ2n) is 11.0. The quantitative estimate of drug-likeness (QED) is 0.333. The zero-order chi connectivity index (χ0) is 25.5. The third-order valence-corrected chi connectivity index (χ3v) is 8.14. The number of carbonyl (C=O) groups is 1. The van der Waals surface area contributed by atoms with E-state index in [2.05, 4.69) is 70.4 Å². The summed E-state index contributed by atoms with van der Waals surface area (Å²) in [4.78, 5) is 22.2. The van der Waals surface area contributed by atoms with Gasteiger partial charge < -0.3 is 9.64 Å². The predicted octanol–water partition coefficient (Wildman–Crippen LogP) is 6.60. The van der Waals surface area contributed by atoms with Crippen LogP contribution in [0.1, 0.15) is 68.9 Å². The van der Waals surface area contributed by atoms with Crippen LogP contribution in [0.5, 0.6) is 5.75 Å². The van der Waals surface area contributed by atoms with Gasteiger partial charge in [0.2, 0.25) is 5.91 Å². The molecule has 2 aliphatic rings. The summed E-state index contributed by atoms with van der Waals surface area (Å²) in [5.41, 5.74) is 3.61. The van der Waals surface area contributed by atoms with Gasteiger partial charge in [-0.15, -0.1) is 0 Å². The molecular weight excluding hydrogens is 458 g/mol. The Bertz CT molecular complexity index is 1150. The summed E-state index contributed by atoms with van der Waals surface area (Å²) in [7, 11) is 2.16. The first-order valence-corrected chi connectivity index (χ1v) is 14.2. The maximum Gasteiger partial charge on any atom is 0.225 e. The topological polar surface area (TPSA) is 45.7 Å². The van der Waals surface area contributed by atoms with Crippen molar-refractivity contribution >= 4 is 16.8 Å². The van der Waals surface area contributed by atoms with Gasteiger partial charge in [-0.05, 0) is 74.5 Å². The van der Waals surface area contributed by atoms with Crippen molar-refractivity contribution in [3.8, 4) is 5.75 Å². The number of likely N-dealkylation sites (tertiary alicyclic amines) is 1. The summed E-state index contributed by atoms with van der Waals surface area (Å²) in [5.74, 6) is 1.59. The standard InChI is InChI=1S/C32H41N3O2/c1-34(24-27-11-7-14-31-30(27)13-8-20-33-31)23-25-15-17-29(18-16-25)37-22-19-28-12-5-6-21-35(28)32(36)26-9-3-2-4-10-26/h7-8,11,13-18,20,26,28H,2-6,9-10,12,19,21-24H2,1H3/t28-/m0/s1. The number of hydrogen-bond donors (Lipinski definition) is 0. The number of benzene rings is 2. The molecule has 1 saturated carbocycles. The van der Waals surface area contributed by atoms with Crippen LogP contribution in [-0.2, 0) is 17.9 Å². The van der Waals surface area contributed by atoms with E-state index in [0.29, 0.717) is 18.6 Å². The SMILES string of the molecule is CN(Cc1ccc(OCC[C@@H]2CCCCN2C(=O)C2CCCCC2)cc1)Cc1cccc2ncccc12. The van der Waals surface area contributed by atoms with Gasteiger partial charge >= 0.3 is 0 Å². The van der Waals surface area contributed by atoms with Crippen LogP contribution in [0.2, 0.25) is 0 Å². The van der Waals surface area contributed by atoms with E-state index < -0.39 is 0 Å². The van der Waals surface area contributed by atoms with E-state index in [1.54, 1.807) is 0 Å². The van der Waals surface area contributed by atoms with Crippen molar-refractivity contribution in [2.24, 2.45) is 5.92 Å². The fourth-order valence-corrected chi connectivity index (χ4v) is 6.14. The second-order valence-corrected chi connectivity index (χ2v) is 11.0. The molecule has 3 aromatic rings. The number of nitrogens with zero attached hydrogens (tertiary/aromatic N) is 3. The van der Waals surface area contributed by atoms with E-state index in [9.17, 15) is 4.79 Å². The van der Waals surface area contributed by atoms with Gasteiger partial charge in [0.05, 0.1) is 12.1 Å². The van der Waals surface area contributed by atoms with Crippen molar-refractivity contribution in [3.05, 3.63) is 71.9 Å². The van der Waals surface area contributed by atoms with Crippen molar-refractivity contribution in [1.82, 2.24) is 14.8 Å². The monoisotopic (exact) mass is 499 g/mol. The highest BCUT2D eigenvalue weighted by Crippen LogP contribution is 2.29. The summed E-state index contributed by atoms with van der Waals surface area (Å²) in [6.45, 7) is 3.33. The molecule has 1 saturated heterocycles. The van der Waals surface area contributed by atoms with Crippen LogP contribution < -0.4 is 4.74 Å². The van der Waals surface area contributed by atoms with Crippen LogP contribution in [0.4, 0.5) is 0 Å². The molecule has 1 aliphatic carbocycles. The molecule has 5 heteroatoms. The molecule has 2 heterocycles. The lowest BCUT2D eigenvalue weighted by Crippen LogP contribution is -2.47. The molecule has 5 nitrogen and oxygen atoms in total. The fraction of sp³-hybridized carbons (Fsp3) is 0.500. The number of hydrogen-bond acceptors (Lipinski definition) is 4. The molecule has 0 bridgehead atoms. The number of pyridine rings is 1. The molecule has 0 N–H and O–H groups in total. The maximum absolute atomic E-state index is 13.2. The van der Waals surface area contributed by atoms with Crippen molar-refractivity contribution < 1.29 is 9.53 Å². The van der Waals surface area contributed by atoms with Crippen LogP contribution in [0.3, 0.4) is 0 Å². The van der Waals surface area contributed by atoms with E-state index in [4.69, 9.17) is 4.74 Å². The minimum Gasteiger partial charge on any atom is -0.494 e. The third kappa shape index (κ3) is 6.70. The van der Waals surface area contributed by atoms with Crippen molar-refractivity contribution in [2.75, 3.05) is 20.2 Å². The highest BCUT2D eigenvalue weighted by atomic mass is 16.5. The number of rotatable bonds is 9. The van der Waals surface area contributed by atoms with E-state index in [-0.39, 0.29) is 5.92 Å². The summed E-state index contributed by atoms with van der Waals surface area (Å²) < 4.78 is 6.13. The highest BCUT2D eigenvalue weighted by Gasteiger charge is 2.32. The van der Waals surface area contributed by atoms with Crippen LogP contribution in [0.25, 0.3) is 10.9 Å². The van der Waals surface area contributed by atoms with E-state index in [0.717, 1.165) is 63.0 Å². The Morgan fingerprint density at radius 2 is 1.76 bits per heavy atom. The molecule has 1 aliphatic heterocycles. The second kappa shape index (κ2) is 12.6. The van der Waals surface area contributed by atoms with Gasteiger partial charge in [-0.25, -0.2) is 0 Å². The fourth-order valence-electron chi connectivity index (χ4n) is 6.14. The Morgan fingerprint density at radius 3 is 2.59 bits per heavy atom. The number of piperidine rings is 1. The smallest absolute Gasteiger partial charge is 0.225 e. The van der Waals surface area contributed by atoms with Gasteiger partial charge in [0.15, 0.2) is 0 Å². The molecule has 196 valence electrons. The van der Waals surface area contributed by atoms with Crippen LogP contribution in [0, 0.1) is 5.92 Å². The molecule has 1 atom stereocenters. The lowest BCUT2D eigenvalue weighted by Gasteiger charge is -2.38. The Labute approximate surface area is 221 Å². The third-order valence-electron chi connectivity index (χ3n) is 8.14. The molecular formula is C32H41N3O2. The highest BCUT2D eigenvalue weighted by molar-refractivity contribution is 5.82. The molecule has 37 heavy (non-hydrogen) atoms. The summed E-state index contributed by atoms with van der Waals surface area (Å²) >= 11 is 0. The van der Waals surface area contributed by atoms with Crippen molar-refractivity contribution in [1.29, 1.82) is 0 Å². The minimum atomic E-state index is 0.262. The van der Waals surface area contributed by atoms with E-state index in [1.165, 1.54) is 42.2 Å². The van der Waals surface area contributed by atoms with Gasteiger partial charge in [-0.3, -0.25) is 14.7 Å². The summed E-state index contributed by atoms with van der Waals surface area (Å²) in [6, 6.07) is 19.3. The molecule has 2 fully saturated rings. The van der Waals surface area contributed by atoms with Crippen LogP contribution >= 0.6 is 0 Å². The average molecular weight is 500 g/mol. The molecule has 0 spiro atoms. The maximum atomic E-state index is 13.2. The summed E-state index contributed by atoms with van der Waals surface area (Å²) in [6.07, 6.45) is 12.1. The van der Waals surface area contributed by atoms with Gasteiger partial charge in [-0.1, -0.05) is 49.6 Å². The molecule has 0 unspecified atom stereocenters. The first kappa shape index (κ1) is 25.7. The molecule has 1 aromatic heterocycles. The summed E-state index contributed by atoms with van der Waals surface area (Å²) in [5, 5.41) is 1.22. The molecule has 1 amide bonds. The first-order chi connectivity index (χ1) is 18.2. The minimum absolute atomic E-state index is 0.262. The first-order valence-electron chi connectivity index (χ1n) is 14.2. The zero-order valence-electron chi connectivity index (χ0n) is 22.3. The van der Waals surface area contributed by atoms with Crippen molar-refractivity contribution in [2.45, 2.75) is 76.9 Å². The van der Waals surface area contributed by atoms with Gasteiger partial charge in [-0.2, -0.15) is 0 Å². The Kier molecular flexibility index (Phi) is 8.72. The number of amides is 1. The van der Waals surface area contributed by atoms with Gasteiger partial charge in [0.25, 0.3) is 0 Å². The average Bonchev–Trinajstić information content (AvgIpc) is 2.94. The van der Waals surface area contributed by atoms with Crippen LogP contribution in [0.15, 0.2) is 60.8 Å². The van der Waals surface area contributed by atoms with Gasteiger partial charge in [0, 0.05) is 49.6 Å². The largest absolute Gasteiger partial charge is 0.494 e. The van der Waals surface area contributed by atoms with E-state index >= 15 is 0 Å². The van der Waals surface area contributed by atoms with E-state index in [1.807, 2.05) is 12.3 Å². The normalized spacial score (nSPS) is 18.9. The lowest BCUT2D eigenvalue weighted by atomic mass is 9.87. The molecule has 0 radical (unpaired) electrons. The lowest BCUT2D eigenvalue weighted by molar-refractivity contribution is -0.140. The number of ether oxygens (including phenoxy) is 1. The Balaban J connectivity index is 1.10. The number of aromatic nitrogens is 1. The molecule has 5 rings (SSSR count). The number of fused-ring (bicyclic) bond motifs is 1. The van der Waals surface area contributed by atoms with Gasteiger partial charge in [0.1, 0.15) is 5.75 Å². The number of carbonyl (C=O) groups excluding carboxylic acids is 1. The molecule has 2 aromatic carbocycles.